The van der Waals surface area contributed by atoms with E-state index < -0.39 is 17.9 Å². The summed E-state index contributed by atoms with van der Waals surface area (Å²) in [5, 5.41) is 11.7. The molecule has 7 heteroatoms. The molecule has 1 aliphatic heterocycles. The predicted octanol–water partition coefficient (Wildman–Crippen LogP) is 1.33. The minimum Gasteiger partial charge on any atom is -0.479 e. The van der Waals surface area contributed by atoms with E-state index in [1.807, 2.05) is 0 Å². The molecule has 0 fully saturated rings. The lowest BCUT2D eigenvalue weighted by atomic mass is 10.1. The number of carbonyl (C=O) groups excluding carboxylic acids is 1. The summed E-state index contributed by atoms with van der Waals surface area (Å²) in [5.41, 5.74) is 0.326. The van der Waals surface area contributed by atoms with Crippen LogP contribution in [-0.2, 0) is 9.59 Å². The van der Waals surface area contributed by atoms with Gasteiger partial charge in [0, 0.05) is 6.92 Å². The third-order valence-electron chi connectivity index (χ3n) is 2.38. The second kappa shape index (κ2) is 4.73. The van der Waals surface area contributed by atoms with E-state index in [9.17, 15) is 9.59 Å². The van der Waals surface area contributed by atoms with Crippen molar-refractivity contribution in [3.63, 3.8) is 0 Å². The van der Waals surface area contributed by atoms with E-state index >= 15 is 0 Å². The lowest BCUT2D eigenvalue weighted by Crippen LogP contribution is -2.31. The molecule has 0 aromatic heterocycles. The Morgan fingerprint density at radius 3 is 2.78 bits per heavy atom. The van der Waals surface area contributed by atoms with E-state index in [0.29, 0.717) is 17.1 Å². The van der Waals surface area contributed by atoms with Crippen LogP contribution in [0.1, 0.15) is 18.5 Å². The molecule has 0 saturated heterocycles. The lowest BCUT2D eigenvalue weighted by Gasteiger charge is -2.14. The molecule has 0 spiro atoms. The normalized spacial score (nSPS) is 14.1. The number of hydrogen-bond acceptors (Lipinski definition) is 4. The highest BCUT2D eigenvalue weighted by atomic mass is 35.5. The quantitative estimate of drug-likeness (QED) is 0.866. The maximum absolute atomic E-state index is 11.1. The first kappa shape index (κ1) is 12.5. The monoisotopic (exact) mass is 271 g/mol. The van der Waals surface area contributed by atoms with Crippen molar-refractivity contribution in [2.45, 2.75) is 13.0 Å². The minimum atomic E-state index is -1.18. The fraction of sp³-hybridized carbons (Fsp3) is 0.273. The summed E-state index contributed by atoms with van der Waals surface area (Å²) in [4.78, 5) is 22.1. The first-order valence-electron chi connectivity index (χ1n) is 5.08. The summed E-state index contributed by atoms with van der Waals surface area (Å²) >= 11 is 5.95. The van der Waals surface area contributed by atoms with Crippen molar-refractivity contribution in [2.75, 3.05) is 6.79 Å². The number of benzene rings is 1. The van der Waals surface area contributed by atoms with Gasteiger partial charge in [-0.15, -0.1) is 0 Å². The summed E-state index contributed by atoms with van der Waals surface area (Å²) < 4.78 is 10.3. The van der Waals surface area contributed by atoms with Crippen LogP contribution in [0.2, 0.25) is 5.02 Å². The molecule has 0 saturated carbocycles. The standard InChI is InChI=1S/C11H10ClNO5/c1-5(14)13-9(11(15)16)6-2-7(12)10-8(3-6)17-4-18-10/h2-3,9H,4H2,1H3,(H,13,14)(H,15,16). The fourth-order valence-electron chi connectivity index (χ4n) is 1.64. The van der Waals surface area contributed by atoms with Crippen LogP contribution >= 0.6 is 11.6 Å². The van der Waals surface area contributed by atoms with Gasteiger partial charge in [0.25, 0.3) is 0 Å². The first-order chi connectivity index (χ1) is 8.49. The highest BCUT2D eigenvalue weighted by Crippen LogP contribution is 2.41. The molecule has 1 aromatic carbocycles. The highest BCUT2D eigenvalue weighted by Gasteiger charge is 2.26. The molecule has 2 N–H and O–H groups in total. The van der Waals surface area contributed by atoms with Crippen molar-refractivity contribution >= 4 is 23.5 Å². The second-order valence-corrected chi connectivity index (χ2v) is 4.12. The van der Waals surface area contributed by atoms with Crippen molar-refractivity contribution in [3.8, 4) is 11.5 Å². The number of hydrogen-bond donors (Lipinski definition) is 2. The van der Waals surface area contributed by atoms with Crippen molar-refractivity contribution < 1.29 is 24.2 Å². The van der Waals surface area contributed by atoms with Crippen LogP contribution < -0.4 is 14.8 Å². The molecule has 0 aliphatic carbocycles. The van der Waals surface area contributed by atoms with Crippen LogP contribution in [0, 0.1) is 0 Å². The van der Waals surface area contributed by atoms with E-state index in [1.54, 1.807) is 0 Å². The van der Waals surface area contributed by atoms with Gasteiger partial charge in [-0.05, 0) is 17.7 Å². The number of carboxylic acids is 1. The highest BCUT2D eigenvalue weighted by molar-refractivity contribution is 6.32. The number of amides is 1. The van der Waals surface area contributed by atoms with E-state index in [4.69, 9.17) is 26.2 Å². The Kier molecular flexibility index (Phi) is 3.29. The Bertz CT molecular complexity index is 516. The van der Waals surface area contributed by atoms with E-state index in [0.717, 1.165) is 0 Å². The van der Waals surface area contributed by atoms with E-state index in [-0.39, 0.29) is 11.8 Å². The van der Waals surface area contributed by atoms with Crippen molar-refractivity contribution in [1.29, 1.82) is 0 Å². The zero-order chi connectivity index (χ0) is 13.3. The Balaban J connectivity index is 2.39. The minimum absolute atomic E-state index is 0.0381. The van der Waals surface area contributed by atoms with Gasteiger partial charge < -0.3 is 19.9 Å². The number of nitrogens with one attached hydrogen (secondary N) is 1. The Morgan fingerprint density at radius 1 is 1.44 bits per heavy atom. The summed E-state index contributed by atoms with van der Waals surface area (Å²) in [7, 11) is 0. The molecule has 1 amide bonds. The molecule has 1 unspecified atom stereocenters. The summed E-state index contributed by atoms with van der Waals surface area (Å²) in [6.07, 6.45) is 0. The molecular formula is C11H10ClNO5. The summed E-state index contributed by atoms with van der Waals surface area (Å²) in [5.74, 6) is -0.877. The number of carboxylic acid groups (broad SMARTS) is 1. The maximum Gasteiger partial charge on any atom is 0.330 e. The number of ether oxygens (including phenoxy) is 2. The Labute approximate surface area is 107 Å². The average molecular weight is 272 g/mol. The Morgan fingerprint density at radius 2 is 2.17 bits per heavy atom. The number of aliphatic carboxylic acids is 1. The largest absolute Gasteiger partial charge is 0.479 e. The van der Waals surface area contributed by atoms with Crippen LogP contribution in [-0.4, -0.2) is 23.8 Å². The Hall–Kier alpha value is -1.95. The van der Waals surface area contributed by atoms with Gasteiger partial charge in [0.05, 0.1) is 5.02 Å². The third kappa shape index (κ3) is 2.33. The molecular weight excluding hydrogens is 262 g/mol. The lowest BCUT2D eigenvalue weighted by molar-refractivity contribution is -0.141. The maximum atomic E-state index is 11.1. The number of carbonyl (C=O) groups is 2. The molecule has 0 radical (unpaired) electrons. The van der Waals surface area contributed by atoms with Crippen LogP contribution in [0.3, 0.4) is 0 Å². The molecule has 1 heterocycles. The van der Waals surface area contributed by atoms with Gasteiger partial charge in [-0.3, -0.25) is 4.79 Å². The third-order valence-corrected chi connectivity index (χ3v) is 2.66. The van der Waals surface area contributed by atoms with Gasteiger partial charge in [0.2, 0.25) is 12.7 Å². The average Bonchev–Trinajstić information content (AvgIpc) is 2.73. The first-order valence-corrected chi connectivity index (χ1v) is 5.46. The van der Waals surface area contributed by atoms with Gasteiger partial charge in [-0.25, -0.2) is 4.79 Å². The second-order valence-electron chi connectivity index (χ2n) is 3.71. The van der Waals surface area contributed by atoms with E-state index in [1.165, 1.54) is 19.1 Å². The smallest absolute Gasteiger partial charge is 0.330 e. The van der Waals surface area contributed by atoms with Crippen LogP contribution in [0.5, 0.6) is 11.5 Å². The van der Waals surface area contributed by atoms with Gasteiger partial charge in [0.15, 0.2) is 17.5 Å². The predicted molar refractivity (Wildman–Crippen MR) is 61.8 cm³/mol. The van der Waals surface area contributed by atoms with Crippen molar-refractivity contribution in [1.82, 2.24) is 5.32 Å². The topological polar surface area (TPSA) is 84.9 Å². The van der Waals surface area contributed by atoms with Crippen LogP contribution in [0.15, 0.2) is 12.1 Å². The van der Waals surface area contributed by atoms with Crippen molar-refractivity contribution in [2.24, 2.45) is 0 Å². The summed E-state index contributed by atoms with van der Waals surface area (Å²) in [6, 6.07) is 1.75. The SMILES string of the molecule is CC(=O)NC(C(=O)O)c1cc(Cl)c2c(c1)OCO2. The van der Waals surface area contributed by atoms with Crippen molar-refractivity contribution in [3.05, 3.63) is 22.7 Å². The molecule has 96 valence electrons. The molecule has 1 atom stereocenters. The molecule has 2 rings (SSSR count). The molecule has 1 aliphatic rings. The van der Waals surface area contributed by atoms with Gasteiger partial charge in [0.1, 0.15) is 0 Å². The van der Waals surface area contributed by atoms with Gasteiger partial charge in [-0.2, -0.15) is 0 Å². The number of fused-ring (bicyclic) bond motifs is 1. The number of rotatable bonds is 3. The zero-order valence-electron chi connectivity index (χ0n) is 9.40. The molecule has 18 heavy (non-hydrogen) atoms. The molecule has 0 bridgehead atoms. The zero-order valence-corrected chi connectivity index (χ0v) is 10.2. The van der Waals surface area contributed by atoms with Gasteiger partial charge >= 0.3 is 5.97 Å². The number of halogens is 1. The fourth-order valence-corrected chi connectivity index (χ4v) is 1.92. The summed E-state index contributed by atoms with van der Waals surface area (Å²) in [6.45, 7) is 1.28. The van der Waals surface area contributed by atoms with Gasteiger partial charge in [-0.1, -0.05) is 11.6 Å². The molecule has 1 aromatic rings. The van der Waals surface area contributed by atoms with E-state index in [2.05, 4.69) is 5.32 Å². The van der Waals surface area contributed by atoms with Crippen LogP contribution in [0.4, 0.5) is 0 Å². The van der Waals surface area contributed by atoms with Crippen LogP contribution in [0.25, 0.3) is 0 Å². The molecule has 6 nitrogen and oxygen atoms in total.